The van der Waals surface area contributed by atoms with Gasteiger partial charge in [0.25, 0.3) is 0 Å². The minimum Gasteiger partial charge on any atom is -0.343 e. The maximum Gasteiger partial charge on any atom is 0.0886 e. The van der Waals surface area contributed by atoms with Crippen molar-refractivity contribution in [2.75, 3.05) is 13.6 Å². The first-order chi connectivity index (χ1) is 4.81. The van der Waals surface area contributed by atoms with Crippen LogP contribution in [0.3, 0.4) is 0 Å². The highest BCUT2D eigenvalue weighted by Crippen LogP contribution is 1.83. The number of hydrogen-bond acceptors (Lipinski definition) is 1. The molecule has 0 aliphatic carbocycles. The molecular weight excluding hydrogens is 124 g/mol. The van der Waals surface area contributed by atoms with Gasteiger partial charge in [0.2, 0.25) is 0 Å². The van der Waals surface area contributed by atoms with E-state index >= 15 is 0 Å². The van der Waals surface area contributed by atoms with E-state index in [0.717, 1.165) is 13.0 Å². The van der Waals surface area contributed by atoms with Crippen molar-refractivity contribution in [1.29, 1.82) is 0 Å². The number of nitrogens with zero attached hydrogens (tertiary/aromatic N) is 2. The predicted molar refractivity (Wildman–Crippen MR) is 46.2 cm³/mol. The molecule has 0 amide bonds. The molecule has 0 aromatic carbocycles. The first-order valence-corrected chi connectivity index (χ1v) is 3.69. The molecule has 0 saturated carbocycles. The van der Waals surface area contributed by atoms with Gasteiger partial charge in [-0.2, -0.15) is 0 Å². The van der Waals surface area contributed by atoms with Gasteiger partial charge in [0.05, 0.1) is 6.34 Å². The number of aliphatic imine (C=N–C) groups is 1. The second-order valence-corrected chi connectivity index (χ2v) is 2.07. The van der Waals surface area contributed by atoms with Gasteiger partial charge in [0.1, 0.15) is 0 Å². The lowest BCUT2D eigenvalue weighted by atomic mass is 10.5. The molecule has 0 aliphatic heterocycles. The smallest absolute Gasteiger partial charge is 0.0886 e. The molecule has 0 bridgehead atoms. The fourth-order valence-electron chi connectivity index (χ4n) is 0.521. The average molecular weight is 140 g/mol. The van der Waals surface area contributed by atoms with Gasteiger partial charge in [-0.1, -0.05) is 13.0 Å². The summed E-state index contributed by atoms with van der Waals surface area (Å²) in [7, 11) is 1.98. The second kappa shape index (κ2) is 6.33. The Hall–Kier alpha value is -0.790. The lowest BCUT2D eigenvalue weighted by molar-refractivity contribution is 0.701. The van der Waals surface area contributed by atoms with Gasteiger partial charge in [-0.25, -0.2) is 0 Å². The molecule has 2 heteroatoms. The Labute approximate surface area is 63.3 Å². The van der Waals surface area contributed by atoms with Crippen molar-refractivity contribution in [3.63, 3.8) is 0 Å². The van der Waals surface area contributed by atoms with Gasteiger partial charge < -0.3 is 4.90 Å². The van der Waals surface area contributed by atoms with E-state index in [1.54, 1.807) is 0 Å². The highest BCUT2D eigenvalue weighted by atomic mass is 15.1. The van der Waals surface area contributed by atoms with Crippen LogP contribution in [0.4, 0.5) is 0 Å². The van der Waals surface area contributed by atoms with E-state index in [1.807, 2.05) is 31.4 Å². The Morgan fingerprint density at radius 2 is 2.10 bits per heavy atom. The van der Waals surface area contributed by atoms with Gasteiger partial charge in [-0.05, 0) is 13.3 Å². The number of rotatable bonds is 4. The first-order valence-electron chi connectivity index (χ1n) is 3.69. The molecule has 0 aromatic heterocycles. The van der Waals surface area contributed by atoms with Gasteiger partial charge >= 0.3 is 0 Å². The largest absolute Gasteiger partial charge is 0.343 e. The molecule has 0 radical (unpaired) electrons. The second-order valence-electron chi connectivity index (χ2n) is 2.07. The zero-order valence-corrected chi connectivity index (χ0v) is 7.04. The number of hydrogen-bond donors (Lipinski definition) is 0. The highest BCUT2D eigenvalue weighted by Gasteiger charge is 1.78. The summed E-state index contributed by atoms with van der Waals surface area (Å²) < 4.78 is 0. The van der Waals surface area contributed by atoms with Crippen LogP contribution in [0.25, 0.3) is 0 Å². The van der Waals surface area contributed by atoms with E-state index in [0.29, 0.717) is 0 Å². The van der Waals surface area contributed by atoms with E-state index in [1.165, 1.54) is 0 Å². The molecule has 0 atom stereocenters. The minimum absolute atomic E-state index is 0.851. The molecule has 0 spiro atoms. The van der Waals surface area contributed by atoms with Crippen LogP contribution < -0.4 is 0 Å². The fraction of sp³-hybridized carbons (Fsp3) is 0.625. The predicted octanol–water partition coefficient (Wildman–Crippen LogP) is 1.89. The molecule has 0 heterocycles. The van der Waals surface area contributed by atoms with Crippen LogP contribution in [0, 0.1) is 0 Å². The molecule has 2 nitrogen and oxygen atoms in total. The Bertz CT molecular complexity index is 102. The average Bonchev–Trinajstić information content (AvgIpc) is 1.97. The summed E-state index contributed by atoms with van der Waals surface area (Å²) in [6.07, 6.45) is 7.01. The molecule has 0 unspecified atom stereocenters. The van der Waals surface area contributed by atoms with Crippen LogP contribution in [0.2, 0.25) is 0 Å². The summed E-state index contributed by atoms with van der Waals surface area (Å²) in [5.41, 5.74) is 0. The zero-order valence-electron chi connectivity index (χ0n) is 7.04. The molecule has 10 heavy (non-hydrogen) atoms. The van der Waals surface area contributed by atoms with Crippen molar-refractivity contribution in [3.8, 4) is 0 Å². The van der Waals surface area contributed by atoms with Crippen molar-refractivity contribution in [3.05, 3.63) is 12.3 Å². The fourth-order valence-corrected chi connectivity index (χ4v) is 0.521. The van der Waals surface area contributed by atoms with Crippen LogP contribution in [0.1, 0.15) is 20.3 Å². The van der Waals surface area contributed by atoms with E-state index in [4.69, 9.17) is 0 Å². The Balaban J connectivity index is 3.52. The third kappa shape index (κ3) is 5.35. The lowest BCUT2D eigenvalue weighted by Gasteiger charge is -2.03. The minimum atomic E-state index is 0.851. The SMILES string of the molecule is CC/C=C\N(C)C=NCC. The molecule has 0 aromatic rings. The summed E-state index contributed by atoms with van der Waals surface area (Å²) in [4.78, 5) is 6.03. The van der Waals surface area contributed by atoms with Crippen LogP contribution in [-0.2, 0) is 0 Å². The van der Waals surface area contributed by atoms with Crippen molar-refractivity contribution in [1.82, 2.24) is 4.90 Å². The van der Waals surface area contributed by atoms with E-state index in [2.05, 4.69) is 18.0 Å². The summed E-state index contributed by atoms with van der Waals surface area (Å²) in [5.74, 6) is 0. The third-order valence-corrected chi connectivity index (χ3v) is 1.02. The first kappa shape index (κ1) is 9.21. The maximum absolute atomic E-state index is 4.07. The number of allylic oxidation sites excluding steroid dienone is 1. The van der Waals surface area contributed by atoms with Gasteiger partial charge in [-0.3, -0.25) is 4.99 Å². The van der Waals surface area contributed by atoms with Gasteiger partial charge in [0, 0.05) is 19.8 Å². The molecule has 0 rings (SSSR count). The van der Waals surface area contributed by atoms with Crippen molar-refractivity contribution in [2.24, 2.45) is 4.99 Å². The topological polar surface area (TPSA) is 15.6 Å². The summed E-state index contributed by atoms with van der Waals surface area (Å²) >= 11 is 0. The highest BCUT2D eigenvalue weighted by molar-refractivity contribution is 5.55. The lowest BCUT2D eigenvalue weighted by Crippen LogP contribution is -2.06. The Morgan fingerprint density at radius 3 is 2.60 bits per heavy atom. The van der Waals surface area contributed by atoms with Crippen LogP contribution in [0.15, 0.2) is 17.3 Å². The Morgan fingerprint density at radius 1 is 1.40 bits per heavy atom. The van der Waals surface area contributed by atoms with Crippen LogP contribution in [-0.4, -0.2) is 24.8 Å². The molecule has 0 aliphatic rings. The van der Waals surface area contributed by atoms with Crippen molar-refractivity contribution < 1.29 is 0 Å². The normalized spacial score (nSPS) is 11.5. The maximum atomic E-state index is 4.07. The molecule has 0 saturated heterocycles. The Kier molecular flexibility index (Phi) is 5.83. The van der Waals surface area contributed by atoms with Crippen LogP contribution >= 0.6 is 0 Å². The summed E-state index contributed by atoms with van der Waals surface area (Å²) in [6.45, 7) is 4.99. The van der Waals surface area contributed by atoms with Crippen molar-refractivity contribution >= 4 is 6.34 Å². The molecule has 0 fully saturated rings. The van der Waals surface area contributed by atoms with Crippen LogP contribution in [0.5, 0.6) is 0 Å². The van der Waals surface area contributed by atoms with E-state index in [-0.39, 0.29) is 0 Å². The molecule has 58 valence electrons. The third-order valence-electron chi connectivity index (χ3n) is 1.02. The summed E-state index contributed by atoms with van der Waals surface area (Å²) in [6, 6.07) is 0. The quantitative estimate of drug-likeness (QED) is 0.430. The van der Waals surface area contributed by atoms with Gasteiger partial charge in [-0.15, -0.1) is 0 Å². The monoisotopic (exact) mass is 140 g/mol. The standard InChI is InChI=1S/C8H16N2/c1-4-6-7-10(3)8-9-5-2/h6-8H,4-5H2,1-3H3/b7-6-,9-8?. The van der Waals surface area contributed by atoms with E-state index < -0.39 is 0 Å². The van der Waals surface area contributed by atoms with Gasteiger partial charge in [0.15, 0.2) is 0 Å². The van der Waals surface area contributed by atoms with Crippen molar-refractivity contribution in [2.45, 2.75) is 20.3 Å². The molecular formula is C8H16N2. The summed E-state index contributed by atoms with van der Waals surface area (Å²) in [5, 5.41) is 0. The van der Waals surface area contributed by atoms with E-state index in [9.17, 15) is 0 Å². The molecule has 0 N–H and O–H groups in total. The zero-order chi connectivity index (χ0) is 7.82.